The van der Waals surface area contributed by atoms with Crippen LogP contribution in [-0.4, -0.2) is 20.2 Å². The summed E-state index contributed by atoms with van der Waals surface area (Å²) in [5.74, 6) is -0.247. The summed E-state index contributed by atoms with van der Waals surface area (Å²) in [6.45, 7) is 4.00. The zero-order valence-corrected chi connectivity index (χ0v) is 16.6. The molecule has 8 heteroatoms. The summed E-state index contributed by atoms with van der Waals surface area (Å²) in [4.78, 5) is 8.67. The first-order valence-electron chi connectivity index (χ1n) is 9.94. The van der Waals surface area contributed by atoms with E-state index in [1.807, 2.05) is 32.0 Å². The lowest BCUT2D eigenvalue weighted by molar-refractivity contribution is 0.116. The van der Waals surface area contributed by atoms with Gasteiger partial charge in [0, 0.05) is 12.4 Å². The van der Waals surface area contributed by atoms with E-state index in [1.54, 1.807) is 0 Å². The van der Waals surface area contributed by atoms with Crippen LogP contribution in [0.4, 0.5) is 14.7 Å². The van der Waals surface area contributed by atoms with Gasteiger partial charge in [0.2, 0.25) is 5.95 Å². The highest BCUT2D eigenvalue weighted by Gasteiger charge is 2.34. The molecule has 0 spiro atoms. The van der Waals surface area contributed by atoms with Crippen LogP contribution in [0.25, 0.3) is 11.5 Å². The molecular formula is C21H25F2N5O. The van der Waals surface area contributed by atoms with Gasteiger partial charge in [0.1, 0.15) is 0 Å². The maximum atomic E-state index is 12.6. The number of halogens is 2. The van der Waals surface area contributed by atoms with Crippen LogP contribution in [-0.2, 0) is 5.54 Å². The molecule has 154 valence electrons. The van der Waals surface area contributed by atoms with Crippen LogP contribution in [0.5, 0.6) is 0 Å². The number of nitrogens with one attached hydrogen (secondary N) is 1. The molecule has 0 radical (unpaired) electrons. The predicted octanol–water partition coefficient (Wildman–Crippen LogP) is 5.76. The lowest BCUT2D eigenvalue weighted by Gasteiger charge is -2.38. The molecule has 1 aliphatic carbocycles. The first kappa shape index (κ1) is 20.8. The molecular weight excluding hydrogens is 376 g/mol. The van der Waals surface area contributed by atoms with E-state index in [1.165, 1.54) is 24.4 Å². The third-order valence-corrected chi connectivity index (χ3v) is 4.91. The monoisotopic (exact) mass is 401 g/mol. The Labute approximate surface area is 168 Å². The first-order valence-corrected chi connectivity index (χ1v) is 9.94. The number of nitrogens with zero attached hydrogens (tertiary/aromatic N) is 4. The molecule has 1 aliphatic rings. The van der Waals surface area contributed by atoms with Gasteiger partial charge in [-0.1, -0.05) is 63.4 Å². The van der Waals surface area contributed by atoms with E-state index in [0.717, 1.165) is 25.7 Å². The largest absolute Gasteiger partial charge is 0.415 e. The molecule has 1 aromatic carbocycles. The van der Waals surface area contributed by atoms with Crippen LogP contribution in [0.1, 0.15) is 63.8 Å². The van der Waals surface area contributed by atoms with E-state index in [2.05, 4.69) is 37.6 Å². The minimum absolute atomic E-state index is 0.0210. The molecule has 1 N–H and O–H groups in total. The predicted molar refractivity (Wildman–Crippen MR) is 106 cm³/mol. The fourth-order valence-electron chi connectivity index (χ4n) is 3.55. The SMILES string of the molecule is CC.FC(F)c1nnc(-c2cnc(NC3(c4ccccc4)CCCCC3)nc2)o1. The number of aromatic nitrogens is 4. The van der Waals surface area contributed by atoms with E-state index in [-0.39, 0.29) is 11.4 Å². The second-order valence-electron chi connectivity index (χ2n) is 6.68. The summed E-state index contributed by atoms with van der Waals surface area (Å²) >= 11 is 0. The Morgan fingerprint density at radius 2 is 1.62 bits per heavy atom. The molecule has 4 rings (SSSR count). The minimum Gasteiger partial charge on any atom is -0.415 e. The Balaban J connectivity index is 0.00000117. The Morgan fingerprint density at radius 3 is 2.21 bits per heavy atom. The van der Waals surface area contributed by atoms with Gasteiger partial charge in [-0.25, -0.2) is 9.97 Å². The average molecular weight is 401 g/mol. The van der Waals surface area contributed by atoms with Crippen molar-refractivity contribution in [1.82, 2.24) is 20.2 Å². The number of alkyl halides is 2. The van der Waals surface area contributed by atoms with Crippen molar-refractivity contribution in [2.45, 2.75) is 57.9 Å². The smallest absolute Gasteiger partial charge is 0.314 e. The fourth-order valence-corrected chi connectivity index (χ4v) is 3.55. The Kier molecular flexibility index (Phi) is 6.85. The van der Waals surface area contributed by atoms with Gasteiger partial charge in [0.25, 0.3) is 11.8 Å². The zero-order chi connectivity index (χ0) is 20.7. The Bertz CT molecular complexity index is 878. The van der Waals surface area contributed by atoms with Gasteiger partial charge < -0.3 is 9.73 Å². The van der Waals surface area contributed by atoms with E-state index in [0.29, 0.717) is 11.5 Å². The normalized spacial score (nSPS) is 15.5. The highest BCUT2D eigenvalue weighted by atomic mass is 19.3. The third kappa shape index (κ3) is 4.75. The summed E-state index contributed by atoms with van der Waals surface area (Å²) in [5.41, 5.74) is 1.42. The van der Waals surface area contributed by atoms with Crippen molar-refractivity contribution in [2.24, 2.45) is 0 Å². The lowest BCUT2D eigenvalue weighted by Crippen LogP contribution is -2.38. The van der Waals surface area contributed by atoms with Crippen molar-refractivity contribution in [3.8, 4) is 11.5 Å². The molecule has 2 aromatic heterocycles. The maximum Gasteiger partial charge on any atom is 0.314 e. The Hall–Kier alpha value is -2.90. The van der Waals surface area contributed by atoms with Gasteiger partial charge in [-0.2, -0.15) is 8.78 Å². The second kappa shape index (κ2) is 9.54. The number of hydrogen-bond acceptors (Lipinski definition) is 6. The Morgan fingerprint density at radius 1 is 0.966 bits per heavy atom. The van der Waals surface area contributed by atoms with Crippen LogP contribution in [0.15, 0.2) is 47.1 Å². The summed E-state index contributed by atoms with van der Waals surface area (Å²) in [7, 11) is 0. The van der Waals surface area contributed by atoms with Crippen LogP contribution in [0, 0.1) is 0 Å². The summed E-state index contributed by atoms with van der Waals surface area (Å²) in [6, 6.07) is 10.3. The van der Waals surface area contributed by atoms with E-state index in [4.69, 9.17) is 4.42 Å². The molecule has 0 amide bonds. The van der Waals surface area contributed by atoms with Crippen molar-refractivity contribution in [2.75, 3.05) is 5.32 Å². The van der Waals surface area contributed by atoms with E-state index < -0.39 is 12.3 Å². The molecule has 6 nitrogen and oxygen atoms in total. The average Bonchev–Trinajstić information content (AvgIpc) is 3.28. The molecule has 29 heavy (non-hydrogen) atoms. The van der Waals surface area contributed by atoms with Gasteiger partial charge in [-0.15, -0.1) is 10.2 Å². The fraction of sp³-hybridized carbons (Fsp3) is 0.429. The molecule has 1 saturated carbocycles. The molecule has 0 aliphatic heterocycles. The first-order chi connectivity index (χ1) is 14.2. The van der Waals surface area contributed by atoms with Crippen molar-refractivity contribution in [3.05, 3.63) is 54.2 Å². The molecule has 0 unspecified atom stereocenters. The van der Waals surface area contributed by atoms with Crippen molar-refractivity contribution in [1.29, 1.82) is 0 Å². The maximum absolute atomic E-state index is 12.6. The van der Waals surface area contributed by atoms with Gasteiger partial charge in [0.15, 0.2) is 0 Å². The molecule has 0 saturated heterocycles. The zero-order valence-electron chi connectivity index (χ0n) is 16.6. The highest BCUT2D eigenvalue weighted by Crippen LogP contribution is 2.39. The van der Waals surface area contributed by atoms with Gasteiger partial charge in [-0.05, 0) is 18.4 Å². The summed E-state index contributed by atoms with van der Waals surface area (Å²) in [5, 5.41) is 10.4. The molecule has 0 bridgehead atoms. The number of anilines is 1. The van der Waals surface area contributed by atoms with Crippen molar-refractivity contribution >= 4 is 5.95 Å². The number of hydrogen-bond donors (Lipinski definition) is 1. The molecule has 0 atom stereocenters. The molecule has 2 heterocycles. The number of benzene rings is 1. The summed E-state index contributed by atoms with van der Waals surface area (Å²) in [6.07, 6.45) is 5.70. The standard InChI is InChI=1S/C19H19F2N5O.C2H6/c20-15(21)17-26-25-16(27-17)13-11-22-18(23-12-13)24-19(9-5-2-6-10-19)14-7-3-1-4-8-14;1-2/h1,3-4,7-8,11-12,15H,2,5-6,9-10H2,(H,22,23,24);1-2H3. The topological polar surface area (TPSA) is 76.7 Å². The van der Waals surface area contributed by atoms with Gasteiger partial charge >= 0.3 is 6.43 Å². The summed E-state index contributed by atoms with van der Waals surface area (Å²) < 4.78 is 30.1. The third-order valence-electron chi connectivity index (χ3n) is 4.91. The molecule has 1 fully saturated rings. The minimum atomic E-state index is -2.80. The molecule has 3 aromatic rings. The number of rotatable bonds is 5. The van der Waals surface area contributed by atoms with Crippen LogP contribution in [0.3, 0.4) is 0 Å². The van der Waals surface area contributed by atoms with Gasteiger partial charge in [-0.3, -0.25) is 0 Å². The van der Waals surface area contributed by atoms with Crippen LogP contribution >= 0.6 is 0 Å². The van der Waals surface area contributed by atoms with E-state index in [9.17, 15) is 8.78 Å². The second-order valence-corrected chi connectivity index (χ2v) is 6.68. The quantitative estimate of drug-likeness (QED) is 0.585. The van der Waals surface area contributed by atoms with Crippen LogP contribution < -0.4 is 5.32 Å². The van der Waals surface area contributed by atoms with Crippen LogP contribution in [0.2, 0.25) is 0 Å². The van der Waals surface area contributed by atoms with Crippen molar-refractivity contribution < 1.29 is 13.2 Å². The van der Waals surface area contributed by atoms with Gasteiger partial charge in [0.05, 0.1) is 11.1 Å². The van der Waals surface area contributed by atoms with Crippen molar-refractivity contribution in [3.63, 3.8) is 0 Å². The highest BCUT2D eigenvalue weighted by molar-refractivity contribution is 5.51. The van der Waals surface area contributed by atoms with E-state index >= 15 is 0 Å². The lowest BCUT2D eigenvalue weighted by atomic mass is 9.76.